The second-order valence-corrected chi connectivity index (χ2v) is 9.29. The molecule has 1 amide bonds. The molecule has 6 rings (SSSR count). The lowest BCUT2D eigenvalue weighted by molar-refractivity contribution is 0.102. The van der Waals surface area contributed by atoms with Crippen LogP contribution in [0.1, 0.15) is 28.9 Å². The summed E-state index contributed by atoms with van der Waals surface area (Å²) >= 11 is 6.38. The number of amides is 1. The first-order chi connectivity index (χ1) is 15.4. The maximum atomic E-state index is 13.2. The number of fused-ring (bicyclic) bond motifs is 4. The zero-order valence-electron chi connectivity index (χ0n) is 18.0. The topological polar surface area (TPSA) is 79.5 Å². The third-order valence-electron chi connectivity index (χ3n) is 6.45. The molecular weight excluding hydrogens is 426 g/mol. The number of aryl methyl sites for hydroxylation is 2. The number of benzene rings is 1. The molecule has 2 aliphatic rings. The van der Waals surface area contributed by atoms with Gasteiger partial charge in [0.05, 0.1) is 22.0 Å². The van der Waals surface area contributed by atoms with E-state index in [0.29, 0.717) is 39.5 Å². The van der Waals surface area contributed by atoms with Crippen LogP contribution in [0.5, 0.6) is 0 Å². The molecule has 0 unspecified atom stereocenters. The highest BCUT2D eigenvalue weighted by Crippen LogP contribution is 2.33. The average molecular weight is 450 g/mol. The van der Waals surface area contributed by atoms with Crippen molar-refractivity contribution < 1.29 is 4.79 Å². The van der Waals surface area contributed by atoms with Crippen molar-refractivity contribution in [3.63, 3.8) is 0 Å². The molecular formula is C23H24ClN7O. The molecule has 2 atom stereocenters. The Morgan fingerprint density at radius 3 is 2.75 bits per heavy atom. The summed E-state index contributed by atoms with van der Waals surface area (Å²) < 4.78 is 3.60. The molecule has 2 bridgehead atoms. The Labute approximate surface area is 190 Å². The van der Waals surface area contributed by atoms with Crippen molar-refractivity contribution in [1.29, 1.82) is 0 Å². The summed E-state index contributed by atoms with van der Waals surface area (Å²) in [6, 6.07) is 6.73. The van der Waals surface area contributed by atoms with Gasteiger partial charge in [0.2, 0.25) is 0 Å². The van der Waals surface area contributed by atoms with Gasteiger partial charge in [-0.15, -0.1) is 0 Å². The van der Waals surface area contributed by atoms with Crippen LogP contribution in [0.4, 0.5) is 11.4 Å². The lowest BCUT2D eigenvalue weighted by Crippen LogP contribution is -2.51. The van der Waals surface area contributed by atoms with Crippen LogP contribution in [0.25, 0.3) is 16.6 Å². The van der Waals surface area contributed by atoms with Crippen molar-refractivity contribution in [1.82, 2.24) is 24.5 Å². The molecule has 2 fully saturated rings. The minimum absolute atomic E-state index is 0.215. The monoisotopic (exact) mass is 449 g/mol. The number of pyridine rings is 1. The van der Waals surface area contributed by atoms with Crippen LogP contribution in [-0.4, -0.2) is 50.2 Å². The number of nitrogens with one attached hydrogen (secondary N) is 2. The first kappa shape index (κ1) is 19.6. The van der Waals surface area contributed by atoms with E-state index >= 15 is 0 Å². The molecule has 4 aromatic rings. The van der Waals surface area contributed by atoms with E-state index < -0.39 is 0 Å². The lowest BCUT2D eigenvalue weighted by atomic mass is 10.1. The largest absolute Gasteiger partial charge is 0.368 e. The van der Waals surface area contributed by atoms with E-state index in [0.717, 1.165) is 29.9 Å². The zero-order chi connectivity index (χ0) is 22.0. The number of halogens is 1. The van der Waals surface area contributed by atoms with Crippen LogP contribution in [0.2, 0.25) is 5.02 Å². The first-order valence-corrected chi connectivity index (χ1v) is 11.3. The van der Waals surface area contributed by atoms with Crippen LogP contribution >= 0.6 is 11.6 Å². The normalized spacial score (nSPS) is 20.4. The van der Waals surface area contributed by atoms with Gasteiger partial charge >= 0.3 is 0 Å². The predicted molar refractivity (Wildman–Crippen MR) is 126 cm³/mol. The lowest BCUT2D eigenvalue weighted by Gasteiger charge is -2.35. The van der Waals surface area contributed by atoms with Gasteiger partial charge < -0.3 is 19.9 Å². The summed E-state index contributed by atoms with van der Waals surface area (Å²) in [4.78, 5) is 20.1. The third kappa shape index (κ3) is 3.22. The van der Waals surface area contributed by atoms with Crippen molar-refractivity contribution in [2.75, 3.05) is 23.3 Å². The van der Waals surface area contributed by atoms with E-state index in [1.807, 2.05) is 43.0 Å². The second kappa shape index (κ2) is 7.21. The van der Waals surface area contributed by atoms with E-state index in [-0.39, 0.29) is 5.91 Å². The number of nitrogens with zero attached hydrogens (tertiary/aromatic N) is 5. The van der Waals surface area contributed by atoms with Crippen LogP contribution in [0.3, 0.4) is 0 Å². The molecule has 1 aromatic carbocycles. The van der Waals surface area contributed by atoms with Crippen molar-refractivity contribution in [3.05, 3.63) is 53.1 Å². The Balaban J connectivity index is 1.35. The molecule has 5 heterocycles. The van der Waals surface area contributed by atoms with Gasteiger partial charge in [-0.1, -0.05) is 11.6 Å². The highest BCUT2D eigenvalue weighted by Gasteiger charge is 2.33. The van der Waals surface area contributed by atoms with Crippen LogP contribution in [0.15, 0.2) is 36.8 Å². The summed E-state index contributed by atoms with van der Waals surface area (Å²) in [6.45, 7) is 3.87. The molecule has 0 aliphatic carbocycles. The van der Waals surface area contributed by atoms with E-state index in [1.54, 1.807) is 10.7 Å². The number of carbonyl (C=O) groups excluding carboxylic acids is 1. The molecule has 164 valence electrons. The Hall–Kier alpha value is -3.10. The highest BCUT2D eigenvalue weighted by molar-refractivity contribution is 6.33. The molecule has 0 saturated carbocycles. The summed E-state index contributed by atoms with van der Waals surface area (Å²) in [6.07, 6.45) is 8.15. The molecule has 8 nitrogen and oxygen atoms in total. The maximum Gasteiger partial charge on any atom is 0.257 e. The fraction of sp³-hybridized carbons (Fsp3) is 0.348. The van der Waals surface area contributed by atoms with Crippen molar-refractivity contribution in [3.8, 4) is 0 Å². The number of aromatic nitrogens is 4. The van der Waals surface area contributed by atoms with Gasteiger partial charge in [0.15, 0.2) is 5.65 Å². The quantitative estimate of drug-likeness (QED) is 0.501. The fourth-order valence-corrected chi connectivity index (χ4v) is 5.36. The average Bonchev–Trinajstić information content (AvgIpc) is 3.42. The summed E-state index contributed by atoms with van der Waals surface area (Å²) in [5.41, 5.74) is 4.53. The first-order valence-electron chi connectivity index (χ1n) is 10.9. The molecule has 2 aliphatic heterocycles. The van der Waals surface area contributed by atoms with E-state index in [2.05, 4.69) is 31.7 Å². The number of imidazole rings is 1. The highest BCUT2D eigenvalue weighted by atomic mass is 35.5. The number of hydrogen-bond acceptors (Lipinski definition) is 5. The molecule has 0 spiro atoms. The van der Waals surface area contributed by atoms with Gasteiger partial charge in [0, 0.05) is 61.9 Å². The molecule has 9 heteroatoms. The SMILES string of the molecule is Cc1cn2cc(NC(=O)c3ccc(N4C[C@H]5CC[C@@H](C4)N5)c4cn(C)nc34)cc(Cl)c2n1. The summed E-state index contributed by atoms with van der Waals surface area (Å²) in [7, 11) is 1.89. The van der Waals surface area contributed by atoms with Gasteiger partial charge in [0.25, 0.3) is 5.91 Å². The number of carbonyl (C=O) groups is 1. The maximum absolute atomic E-state index is 13.2. The van der Waals surface area contributed by atoms with Gasteiger partial charge in [-0.3, -0.25) is 9.48 Å². The summed E-state index contributed by atoms with van der Waals surface area (Å²) in [5.74, 6) is -0.215. The van der Waals surface area contributed by atoms with Crippen molar-refractivity contribution in [2.24, 2.45) is 7.05 Å². The van der Waals surface area contributed by atoms with E-state index in [4.69, 9.17) is 11.6 Å². The van der Waals surface area contributed by atoms with Crippen LogP contribution in [0, 0.1) is 6.92 Å². The molecule has 0 radical (unpaired) electrons. The fourth-order valence-electron chi connectivity index (χ4n) is 5.10. The van der Waals surface area contributed by atoms with Gasteiger partial charge in [0.1, 0.15) is 5.52 Å². The molecule has 32 heavy (non-hydrogen) atoms. The smallest absolute Gasteiger partial charge is 0.257 e. The minimum atomic E-state index is -0.215. The number of anilines is 2. The third-order valence-corrected chi connectivity index (χ3v) is 6.73. The molecule has 2 saturated heterocycles. The van der Waals surface area contributed by atoms with Crippen molar-refractivity contribution >= 4 is 45.4 Å². The van der Waals surface area contributed by atoms with Gasteiger partial charge in [-0.2, -0.15) is 5.10 Å². The molecule has 3 aromatic heterocycles. The molecule has 2 N–H and O–H groups in total. The Kier molecular flexibility index (Phi) is 4.41. The van der Waals surface area contributed by atoms with Gasteiger partial charge in [-0.05, 0) is 38.0 Å². The standard InChI is InChI=1S/C23H24ClN7O/c1-13-8-31-11-16(7-19(24)22(31)25-13)27-23(32)17-5-6-20(18-12-29(2)28-21(17)18)30-9-14-3-4-15(10-30)26-14/h5-8,11-12,14-15,26H,3-4,9-10H2,1-2H3,(H,27,32)/t14-,15+. The summed E-state index contributed by atoms with van der Waals surface area (Å²) in [5, 5.41) is 12.8. The number of piperazine rings is 1. The number of hydrogen-bond donors (Lipinski definition) is 2. The Morgan fingerprint density at radius 1 is 1.19 bits per heavy atom. The second-order valence-electron chi connectivity index (χ2n) is 8.88. The van der Waals surface area contributed by atoms with Crippen LogP contribution < -0.4 is 15.5 Å². The van der Waals surface area contributed by atoms with E-state index in [9.17, 15) is 4.79 Å². The zero-order valence-corrected chi connectivity index (χ0v) is 18.7. The predicted octanol–water partition coefficient (Wildman–Crippen LogP) is 3.38. The van der Waals surface area contributed by atoms with Crippen LogP contribution in [-0.2, 0) is 7.05 Å². The minimum Gasteiger partial charge on any atom is -0.368 e. The number of rotatable bonds is 3. The van der Waals surface area contributed by atoms with Crippen molar-refractivity contribution in [2.45, 2.75) is 31.8 Å². The van der Waals surface area contributed by atoms with E-state index in [1.165, 1.54) is 12.8 Å². The van der Waals surface area contributed by atoms with Gasteiger partial charge in [-0.25, -0.2) is 4.98 Å². The Morgan fingerprint density at radius 2 is 1.97 bits per heavy atom. The Bertz CT molecular complexity index is 1360.